The minimum Gasteiger partial charge on any atom is -0.481 e. The van der Waals surface area contributed by atoms with E-state index in [1.807, 2.05) is 0 Å². The molecule has 0 spiro atoms. The molecule has 1 rings (SSSR count). The summed E-state index contributed by atoms with van der Waals surface area (Å²) in [5.41, 5.74) is -0.195. The van der Waals surface area contributed by atoms with E-state index in [4.69, 9.17) is 9.84 Å². The van der Waals surface area contributed by atoms with Gasteiger partial charge in [0.2, 0.25) is 5.82 Å². The molecule has 0 aromatic carbocycles. The summed E-state index contributed by atoms with van der Waals surface area (Å²) < 4.78 is 5.44. The Kier molecular flexibility index (Phi) is 5.64. The molecule has 9 heteroatoms. The summed E-state index contributed by atoms with van der Waals surface area (Å²) in [5.74, 6) is -0.937. The summed E-state index contributed by atoms with van der Waals surface area (Å²) in [7, 11) is 1.37. The molecule has 0 amide bonds. The largest absolute Gasteiger partial charge is 0.481 e. The minimum atomic E-state index is -1.01. The van der Waals surface area contributed by atoms with Gasteiger partial charge in [0, 0.05) is 30.4 Å². The Balaban J connectivity index is 2.76. The van der Waals surface area contributed by atoms with E-state index in [9.17, 15) is 14.9 Å². The Morgan fingerprint density at radius 3 is 2.95 bits per heavy atom. The summed E-state index contributed by atoms with van der Waals surface area (Å²) >= 11 is 3.09. The number of hydrogen-bond acceptors (Lipinski definition) is 6. The van der Waals surface area contributed by atoms with E-state index in [1.165, 1.54) is 19.4 Å². The van der Waals surface area contributed by atoms with E-state index in [1.54, 1.807) is 0 Å². The Morgan fingerprint density at radius 1 is 1.74 bits per heavy atom. The molecule has 19 heavy (non-hydrogen) atoms. The molecular formula is C10H12BrN3O5. The van der Waals surface area contributed by atoms with Gasteiger partial charge in [-0.25, -0.2) is 4.98 Å². The van der Waals surface area contributed by atoms with Gasteiger partial charge in [0.05, 0.1) is 17.4 Å². The van der Waals surface area contributed by atoms with E-state index in [0.717, 1.165) is 0 Å². The first kappa shape index (κ1) is 15.3. The zero-order chi connectivity index (χ0) is 14.4. The molecule has 1 aromatic rings. The van der Waals surface area contributed by atoms with Crippen molar-refractivity contribution in [2.24, 2.45) is 0 Å². The van der Waals surface area contributed by atoms with E-state index in [0.29, 0.717) is 4.47 Å². The number of rotatable bonds is 7. The normalized spacial score (nSPS) is 11.9. The topological polar surface area (TPSA) is 115 Å². The van der Waals surface area contributed by atoms with Crippen molar-refractivity contribution in [2.45, 2.75) is 12.5 Å². The Morgan fingerprint density at radius 2 is 2.42 bits per heavy atom. The first-order valence-corrected chi connectivity index (χ1v) is 6.01. The molecule has 0 aliphatic heterocycles. The van der Waals surface area contributed by atoms with E-state index >= 15 is 0 Å². The van der Waals surface area contributed by atoms with Gasteiger partial charge in [-0.3, -0.25) is 14.9 Å². The maximum absolute atomic E-state index is 10.8. The first-order valence-electron chi connectivity index (χ1n) is 5.22. The average Bonchev–Trinajstić information content (AvgIpc) is 2.34. The summed E-state index contributed by atoms with van der Waals surface area (Å²) in [6, 6.07) is 1.31. The monoisotopic (exact) mass is 333 g/mol. The number of aromatic nitrogens is 1. The molecule has 0 fully saturated rings. The molecule has 8 nitrogen and oxygen atoms in total. The van der Waals surface area contributed by atoms with Crippen LogP contribution in [0.2, 0.25) is 0 Å². The van der Waals surface area contributed by atoms with Crippen LogP contribution in [0, 0.1) is 10.1 Å². The van der Waals surface area contributed by atoms with Crippen molar-refractivity contribution in [2.75, 3.05) is 19.0 Å². The molecule has 0 radical (unpaired) electrons. The van der Waals surface area contributed by atoms with Crippen LogP contribution in [-0.4, -0.2) is 40.7 Å². The summed E-state index contributed by atoms with van der Waals surface area (Å²) in [6.07, 6.45) is 0.616. The van der Waals surface area contributed by atoms with Crippen molar-refractivity contribution in [1.82, 2.24) is 4.98 Å². The number of ether oxygens (including phenoxy) is 1. The quantitative estimate of drug-likeness (QED) is 0.575. The maximum atomic E-state index is 10.8. The minimum absolute atomic E-state index is 0.0700. The van der Waals surface area contributed by atoms with Crippen LogP contribution in [-0.2, 0) is 9.53 Å². The fourth-order valence-electron chi connectivity index (χ4n) is 1.35. The van der Waals surface area contributed by atoms with E-state index in [2.05, 4.69) is 26.2 Å². The third-order valence-electron chi connectivity index (χ3n) is 2.26. The van der Waals surface area contributed by atoms with Crippen LogP contribution in [0.3, 0.4) is 0 Å². The highest BCUT2D eigenvalue weighted by Crippen LogP contribution is 2.25. The smallest absolute Gasteiger partial charge is 0.312 e. The van der Waals surface area contributed by atoms with Gasteiger partial charge in [-0.1, -0.05) is 0 Å². The zero-order valence-electron chi connectivity index (χ0n) is 10.00. The van der Waals surface area contributed by atoms with Crippen LogP contribution in [0.1, 0.15) is 6.42 Å². The fourth-order valence-corrected chi connectivity index (χ4v) is 1.67. The molecule has 1 heterocycles. The van der Waals surface area contributed by atoms with Gasteiger partial charge in [0.15, 0.2) is 0 Å². The van der Waals surface area contributed by atoms with Crippen molar-refractivity contribution in [1.29, 1.82) is 0 Å². The predicted octanol–water partition coefficient (Wildman–Crippen LogP) is 1.65. The lowest BCUT2D eigenvalue weighted by Gasteiger charge is -2.14. The predicted molar refractivity (Wildman–Crippen MR) is 70.1 cm³/mol. The number of nitrogens with zero attached hydrogens (tertiary/aromatic N) is 2. The Hall–Kier alpha value is -1.74. The van der Waals surface area contributed by atoms with Crippen molar-refractivity contribution >= 4 is 33.4 Å². The van der Waals surface area contributed by atoms with Gasteiger partial charge in [-0.15, -0.1) is 0 Å². The van der Waals surface area contributed by atoms with Crippen LogP contribution in [0.25, 0.3) is 0 Å². The average molecular weight is 334 g/mol. The lowest BCUT2D eigenvalue weighted by molar-refractivity contribution is -0.384. The van der Waals surface area contributed by atoms with Gasteiger partial charge in [-0.2, -0.15) is 0 Å². The molecule has 104 valence electrons. The second-order valence-corrected chi connectivity index (χ2v) is 4.53. The number of nitro groups is 1. The number of anilines is 1. The third-order valence-corrected chi connectivity index (χ3v) is 2.70. The van der Waals surface area contributed by atoms with Crippen molar-refractivity contribution < 1.29 is 19.6 Å². The van der Waals surface area contributed by atoms with E-state index in [-0.39, 0.29) is 24.5 Å². The van der Waals surface area contributed by atoms with Crippen LogP contribution in [0.5, 0.6) is 0 Å². The number of pyridine rings is 1. The molecule has 0 saturated heterocycles. The molecule has 2 N–H and O–H groups in total. The first-order chi connectivity index (χ1) is 8.93. The SMILES string of the molecule is COC(CNc1ncc(Br)cc1[N+](=O)[O-])CC(=O)O. The molecule has 0 bridgehead atoms. The van der Waals surface area contributed by atoms with Gasteiger partial charge < -0.3 is 15.2 Å². The second kappa shape index (κ2) is 7.00. The standard InChI is InChI=1S/C10H12BrN3O5/c1-19-7(3-9(15)16)5-13-10-8(14(17)18)2-6(11)4-12-10/h2,4,7H,3,5H2,1H3,(H,12,13)(H,15,16). The summed E-state index contributed by atoms with van der Waals surface area (Å²) in [6.45, 7) is 0.109. The van der Waals surface area contributed by atoms with Crippen LogP contribution >= 0.6 is 15.9 Å². The van der Waals surface area contributed by atoms with Crippen molar-refractivity contribution in [3.05, 3.63) is 26.9 Å². The molecule has 0 aliphatic carbocycles. The number of carbonyl (C=O) groups is 1. The van der Waals surface area contributed by atoms with Crippen LogP contribution in [0.15, 0.2) is 16.7 Å². The number of nitrogens with one attached hydrogen (secondary N) is 1. The Bertz CT molecular complexity index is 482. The number of methoxy groups -OCH3 is 1. The van der Waals surface area contributed by atoms with Crippen LogP contribution < -0.4 is 5.32 Å². The van der Waals surface area contributed by atoms with Gasteiger partial charge >= 0.3 is 11.7 Å². The molecule has 1 unspecified atom stereocenters. The highest BCUT2D eigenvalue weighted by atomic mass is 79.9. The lowest BCUT2D eigenvalue weighted by Crippen LogP contribution is -2.25. The zero-order valence-corrected chi connectivity index (χ0v) is 11.6. The highest BCUT2D eigenvalue weighted by Gasteiger charge is 2.18. The van der Waals surface area contributed by atoms with Gasteiger partial charge in [0.1, 0.15) is 0 Å². The molecule has 0 aliphatic rings. The molecule has 0 saturated carbocycles. The number of carboxylic acid groups (broad SMARTS) is 1. The number of aliphatic carboxylic acids is 1. The second-order valence-electron chi connectivity index (χ2n) is 3.61. The van der Waals surface area contributed by atoms with Crippen molar-refractivity contribution in [3.63, 3.8) is 0 Å². The fraction of sp³-hybridized carbons (Fsp3) is 0.400. The third kappa shape index (κ3) is 4.79. The number of halogens is 1. The van der Waals surface area contributed by atoms with Crippen molar-refractivity contribution in [3.8, 4) is 0 Å². The van der Waals surface area contributed by atoms with Gasteiger partial charge in [0.25, 0.3) is 0 Å². The van der Waals surface area contributed by atoms with Crippen LogP contribution in [0.4, 0.5) is 11.5 Å². The Labute approximate surface area is 117 Å². The summed E-state index contributed by atoms with van der Waals surface area (Å²) in [5, 5.41) is 22.2. The van der Waals surface area contributed by atoms with Gasteiger partial charge in [-0.05, 0) is 15.9 Å². The molecule has 1 atom stereocenters. The molecule has 1 aromatic heterocycles. The lowest BCUT2D eigenvalue weighted by atomic mass is 10.2. The maximum Gasteiger partial charge on any atom is 0.312 e. The van der Waals surface area contributed by atoms with E-state index < -0.39 is 17.0 Å². The number of hydrogen-bond donors (Lipinski definition) is 2. The molecular weight excluding hydrogens is 322 g/mol. The highest BCUT2D eigenvalue weighted by molar-refractivity contribution is 9.10. The summed E-state index contributed by atoms with van der Waals surface area (Å²) in [4.78, 5) is 24.7. The number of carboxylic acids is 1.